The molecule has 0 aliphatic carbocycles. The lowest BCUT2D eigenvalue weighted by atomic mass is 9.91. The summed E-state index contributed by atoms with van der Waals surface area (Å²) < 4.78 is 78.5. The fraction of sp³-hybridized carbons (Fsp3) is 0.194. The van der Waals surface area contributed by atoms with Crippen LogP contribution in [0.1, 0.15) is 38.7 Å². The first-order chi connectivity index (χ1) is 20.4. The molecule has 0 fully saturated rings. The third-order valence-corrected chi connectivity index (χ3v) is 7.50. The maximum atomic E-state index is 15.6. The zero-order valence-corrected chi connectivity index (χ0v) is 22.7. The van der Waals surface area contributed by atoms with Crippen molar-refractivity contribution in [3.05, 3.63) is 117 Å². The topological polar surface area (TPSA) is 88.8 Å². The van der Waals surface area contributed by atoms with Gasteiger partial charge in [0.05, 0.1) is 24.8 Å². The van der Waals surface area contributed by atoms with Gasteiger partial charge in [-0.2, -0.15) is 13.2 Å². The standard InChI is InChI=1S/C31H23F5N2O5/c1-16-19(14-20-21(31(34,35)36)11-7-12-22(20)32)28-37(30(41)42)15-23(27(39)17-8-4-3-5-9-17)38(28)29(40)25(16)18-10-6-13-24(43-2)26(18)33/h3-13,23H,14-15H2,1-2H3,(H,41,42). The molecule has 1 unspecified atom stereocenters. The number of fused-ring (bicyclic) bond motifs is 1. The molecule has 0 radical (unpaired) electrons. The van der Waals surface area contributed by atoms with Crippen LogP contribution in [0.4, 0.5) is 32.6 Å². The maximum Gasteiger partial charge on any atom is 0.416 e. The van der Waals surface area contributed by atoms with Gasteiger partial charge in [-0.1, -0.05) is 48.5 Å². The summed E-state index contributed by atoms with van der Waals surface area (Å²) in [5, 5.41) is 10.1. The number of nitrogens with zero attached hydrogens (tertiary/aromatic N) is 2. The second kappa shape index (κ2) is 11.0. The van der Waals surface area contributed by atoms with Gasteiger partial charge in [-0.25, -0.2) is 13.6 Å². The number of alkyl halides is 3. The molecule has 1 aliphatic rings. The summed E-state index contributed by atoms with van der Waals surface area (Å²) in [7, 11) is 1.20. The molecule has 3 aromatic carbocycles. The number of ether oxygens (including phenoxy) is 1. The predicted molar refractivity (Wildman–Crippen MR) is 147 cm³/mol. The van der Waals surface area contributed by atoms with Crippen LogP contribution in [-0.4, -0.2) is 35.2 Å². The van der Waals surface area contributed by atoms with Crippen LogP contribution in [0.15, 0.2) is 71.5 Å². The fourth-order valence-corrected chi connectivity index (χ4v) is 5.50. The number of halogens is 5. The number of benzene rings is 3. The molecule has 12 heteroatoms. The van der Waals surface area contributed by atoms with Crippen molar-refractivity contribution in [2.45, 2.75) is 25.6 Å². The van der Waals surface area contributed by atoms with Crippen molar-refractivity contribution in [3.8, 4) is 16.9 Å². The highest BCUT2D eigenvalue weighted by Crippen LogP contribution is 2.42. The van der Waals surface area contributed by atoms with E-state index < -0.39 is 71.2 Å². The average Bonchev–Trinajstić information content (AvgIpc) is 3.37. The van der Waals surface area contributed by atoms with Crippen LogP contribution in [0.3, 0.4) is 0 Å². The van der Waals surface area contributed by atoms with Crippen molar-refractivity contribution >= 4 is 17.7 Å². The maximum absolute atomic E-state index is 15.6. The number of hydrogen-bond donors (Lipinski definition) is 1. The monoisotopic (exact) mass is 598 g/mol. The molecule has 4 aromatic rings. The van der Waals surface area contributed by atoms with Crippen LogP contribution in [0.25, 0.3) is 11.1 Å². The molecule has 1 N–H and O–H groups in total. The van der Waals surface area contributed by atoms with Crippen molar-refractivity contribution in [1.29, 1.82) is 0 Å². The molecule has 0 spiro atoms. The molecular formula is C31H23F5N2O5. The first-order valence-electron chi connectivity index (χ1n) is 12.9. The fourth-order valence-electron chi connectivity index (χ4n) is 5.50. The van der Waals surface area contributed by atoms with Crippen molar-refractivity contribution in [2.24, 2.45) is 0 Å². The highest BCUT2D eigenvalue weighted by molar-refractivity contribution is 6.02. The molecule has 1 aromatic heterocycles. The van der Waals surface area contributed by atoms with Gasteiger partial charge in [-0.05, 0) is 30.7 Å². The van der Waals surface area contributed by atoms with E-state index in [1.807, 2.05) is 0 Å². The Morgan fingerprint density at radius 2 is 1.65 bits per heavy atom. The van der Waals surface area contributed by atoms with Gasteiger partial charge >= 0.3 is 12.3 Å². The first kappa shape index (κ1) is 29.5. The highest BCUT2D eigenvalue weighted by Gasteiger charge is 2.42. The molecule has 0 saturated carbocycles. The van der Waals surface area contributed by atoms with E-state index in [0.29, 0.717) is 11.0 Å². The van der Waals surface area contributed by atoms with Gasteiger partial charge in [0, 0.05) is 28.7 Å². The number of methoxy groups -OCH3 is 1. The molecule has 7 nitrogen and oxygen atoms in total. The molecular weight excluding hydrogens is 575 g/mol. The first-order valence-corrected chi connectivity index (χ1v) is 12.9. The second-order valence-electron chi connectivity index (χ2n) is 9.88. The minimum Gasteiger partial charge on any atom is -0.494 e. The summed E-state index contributed by atoms with van der Waals surface area (Å²) in [4.78, 5) is 41.0. The molecule has 43 heavy (non-hydrogen) atoms. The van der Waals surface area contributed by atoms with E-state index >= 15 is 8.78 Å². The number of pyridine rings is 1. The molecule has 2 heterocycles. The molecule has 1 amide bonds. The summed E-state index contributed by atoms with van der Waals surface area (Å²) in [5.41, 5.74) is -3.83. The number of aromatic nitrogens is 1. The van der Waals surface area contributed by atoms with Gasteiger partial charge in [0.2, 0.25) is 0 Å². The Balaban J connectivity index is 1.88. The Morgan fingerprint density at radius 3 is 2.28 bits per heavy atom. The van der Waals surface area contributed by atoms with Crippen LogP contribution >= 0.6 is 0 Å². The van der Waals surface area contributed by atoms with Gasteiger partial charge in [0.1, 0.15) is 17.7 Å². The molecule has 0 saturated heterocycles. The van der Waals surface area contributed by atoms with E-state index in [-0.39, 0.29) is 33.6 Å². The minimum atomic E-state index is -4.97. The van der Waals surface area contributed by atoms with Gasteiger partial charge in [-0.15, -0.1) is 0 Å². The van der Waals surface area contributed by atoms with Gasteiger partial charge in [0.15, 0.2) is 17.3 Å². The van der Waals surface area contributed by atoms with E-state index in [2.05, 4.69) is 0 Å². The Labute approximate surface area is 241 Å². The van der Waals surface area contributed by atoms with Crippen LogP contribution in [0, 0.1) is 18.6 Å². The zero-order chi connectivity index (χ0) is 31.2. The van der Waals surface area contributed by atoms with E-state index in [1.165, 1.54) is 44.4 Å². The smallest absolute Gasteiger partial charge is 0.416 e. The number of ketones is 1. The number of amides is 1. The third kappa shape index (κ3) is 5.02. The largest absolute Gasteiger partial charge is 0.494 e. The average molecular weight is 599 g/mol. The second-order valence-corrected chi connectivity index (χ2v) is 9.88. The summed E-state index contributed by atoms with van der Waals surface area (Å²) in [6.07, 6.45) is -7.39. The predicted octanol–water partition coefficient (Wildman–Crippen LogP) is 6.64. The van der Waals surface area contributed by atoms with Crippen LogP contribution in [0.2, 0.25) is 0 Å². The SMILES string of the molecule is COc1cccc(-c2c(C)c(Cc3c(F)cccc3C(F)(F)F)c3n(c2=O)C(C(=O)c2ccccc2)CN3C(=O)O)c1F. The summed E-state index contributed by atoms with van der Waals surface area (Å²) >= 11 is 0. The summed E-state index contributed by atoms with van der Waals surface area (Å²) in [6.45, 7) is 0.754. The lowest BCUT2D eigenvalue weighted by Gasteiger charge is -2.23. The lowest BCUT2D eigenvalue weighted by Crippen LogP contribution is -2.31. The third-order valence-electron chi connectivity index (χ3n) is 7.50. The number of Topliss-reactive ketones (excluding diaryl/α,β-unsaturated/α-hetero) is 1. The van der Waals surface area contributed by atoms with Crippen LogP contribution < -0.4 is 15.2 Å². The van der Waals surface area contributed by atoms with Crippen molar-refractivity contribution in [3.63, 3.8) is 0 Å². The molecule has 1 aliphatic heterocycles. The molecule has 1 atom stereocenters. The van der Waals surface area contributed by atoms with Crippen LogP contribution in [-0.2, 0) is 12.6 Å². The number of anilines is 1. The van der Waals surface area contributed by atoms with Gasteiger partial charge in [-0.3, -0.25) is 19.1 Å². The van der Waals surface area contributed by atoms with E-state index in [0.717, 1.165) is 16.7 Å². The Kier molecular flexibility index (Phi) is 7.55. The molecule has 0 bridgehead atoms. The number of carbonyl (C=O) groups excluding carboxylic acids is 1. The van der Waals surface area contributed by atoms with Gasteiger partial charge in [0.25, 0.3) is 5.56 Å². The Bertz CT molecular complexity index is 1820. The Morgan fingerprint density at radius 1 is 0.977 bits per heavy atom. The number of rotatable bonds is 6. The van der Waals surface area contributed by atoms with E-state index in [4.69, 9.17) is 4.74 Å². The van der Waals surface area contributed by atoms with Crippen LogP contribution in [0.5, 0.6) is 5.75 Å². The van der Waals surface area contributed by atoms with E-state index in [1.54, 1.807) is 18.2 Å². The molecule has 5 rings (SSSR count). The van der Waals surface area contributed by atoms with Crippen molar-refractivity contribution < 1.29 is 41.4 Å². The minimum absolute atomic E-state index is 0.0844. The number of hydrogen-bond acceptors (Lipinski definition) is 4. The van der Waals surface area contributed by atoms with Crippen molar-refractivity contribution in [1.82, 2.24) is 4.57 Å². The molecule has 222 valence electrons. The number of carbonyl (C=O) groups is 2. The van der Waals surface area contributed by atoms with E-state index in [9.17, 15) is 32.7 Å². The number of carboxylic acid groups (broad SMARTS) is 1. The Hall–Kier alpha value is -5.00. The van der Waals surface area contributed by atoms with Gasteiger partial charge < -0.3 is 9.84 Å². The lowest BCUT2D eigenvalue weighted by molar-refractivity contribution is -0.138. The van der Waals surface area contributed by atoms with Crippen molar-refractivity contribution in [2.75, 3.05) is 18.6 Å². The summed E-state index contributed by atoms with van der Waals surface area (Å²) in [6, 6.07) is 12.6. The normalized spacial score (nSPS) is 14.5. The zero-order valence-electron chi connectivity index (χ0n) is 22.7. The quantitative estimate of drug-likeness (QED) is 0.199. The highest BCUT2D eigenvalue weighted by atomic mass is 19.4. The summed E-state index contributed by atoms with van der Waals surface area (Å²) in [5.74, 6) is -3.46.